The SMILES string of the molecule is CCC/C1=C/CC(F)CNC(C)C(C(=O)NC2CNCCC2N2CCN3CCOC[C@H]3C2)C(N)N1. The summed E-state index contributed by atoms with van der Waals surface area (Å²) in [6.45, 7) is 11.6. The number of halogens is 1. The Morgan fingerprint density at radius 3 is 2.94 bits per heavy atom. The van der Waals surface area contributed by atoms with Gasteiger partial charge in [0.05, 0.1) is 31.3 Å². The lowest BCUT2D eigenvalue weighted by atomic mass is 9.92. The number of carbonyl (C=O) groups is 1. The summed E-state index contributed by atoms with van der Waals surface area (Å²) in [5, 5.41) is 13.4. The van der Waals surface area contributed by atoms with Gasteiger partial charge in [0, 0.05) is 63.1 Å². The molecule has 0 aromatic heterocycles. The smallest absolute Gasteiger partial charge is 0.228 e. The Balaban J connectivity index is 1.44. The predicted octanol–water partition coefficient (Wildman–Crippen LogP) is -0.256. The number of hydrogen-bond acceptors (Lipinski definition) is 8. The second-order valence-electron chi connectivity index (χ2n) is 10.6. The van der Waals surface area contributed by atoms with Gasteiger partial charge in [-0.25, -0.2) is 4.39 Å². The fourth-order valence-corrected chi connectivity index (χ4v) is 6.08. The van der Waals surface area contributed by atoms with Gasteiger partial charge in [-0.3, -0.25) is 14.6 Å². The Kier molecular flexibility index (Phi) is 9.77. The van der Waals surface area contributed by atoms with Crippen LogP contribution in [0.4, 0.5) is 4.39 Å². The van der Waals surface area contributed by atoms with Crippen molar-refractivity contribution in [3.05, 3.63) is 11.8 Å². The number of alkyl halides is 1. The zero-order chi connectivity index (χ0) is 24.8. The molecule has 35 heavy (non-hydrogen) atoms. The first-order chi connectivity index (χ1) is 17.0. The fourth-order valence-electron chi connectivity index (χ4n) is 6.08. The Bertz CT molecular complexity index is 726. The van der Waals surface area contributed by atoms with Crippen LogP contribution in [0.15, 0.2) is 11.8 Å². The zero-order valence-electron chi connectivity index (χ0n) is 21.5. The highest BCUT2D eigenvalue weighted by Gasteiger charge is 2.39. The Morgan fingerprint density at radius 2 is 2.11 bits per heavy atom. The Hall–Kier alpha value is -1.30. The maximum atomic E-state index is 14.4. The number of allylic oxidation sites excluding steroid dienone is 2. The molecule has 4 rings (SSSR count). The summed E-state index contributed by atoms with van der Waals surface area (Å²) in [5.41, 5.74) is 7.51. The number of nitrogens with zero attached hydrogens (tertiary/aromatic N) is 2. The highest BCUT2D eigenvalue weighted by molar-refractivity contribution is 5.80. The third kappa shape index (κ3) is 6.93. The normalized spacial score (nSPS) is 39.5. The highest BCUT2D eigenvalue weighted by atomic mass is 19.1. The molecule has 0 spiro atoms. The summed E-state index contributed by atoms with van der Waals surface area (Å²) < 4.78 is 20.1. The number of nitrogens with two attached hydrogens (primary N) is 1. The molecule has 4 aliphatic rings. The van der Waals surface area contributed by atoms with E-state index in [0.717, 1.165) is 77.4 Å². The molecule has 0 radical (unpaired) electrons. The third-order valence-electron chi connectivity index (χ3n) is 8.09. The van der Waals surface area contributed by atoms with Crippen LogP contribution in [-0.4, -0.2) is 111 Å². The van der Waals surface area contributed by atoms with E-state index in [0.29, 0.717) is 12.5 Å². The van der Waals surface area contributed by atoms with Crippen molar-refractivity contribution >= 4 is 5.91 Å². The first-order valence-corrected chi connectivity index (χ1v) is 13.6. The monoisotopic (exact) mass is 495 g/mol. The average Bonchev–Trinajstić information content (AvgIpc) is 2.86. The molecule has 0 aromatic rings. The third-order valence-corrected chi connectivity index (χ3v) is 8.09. The van der Waals surface area contributed by atoms with Crippen molar-refractivity contribution in [3.63, 3.8) is 0 Å². The minimum absolute atomic E-state index is 0.00157. The second kappa shape index (κ2) is 12.8. The van der Waals surface area contributed by atoms with E-state index in [1.807, 2.05) is 13.0 Å². The van der Waals surface area contributed by atoms with Crippen LogP contribution in [0.1, 0.15) is 39.5 Å². The van der Waals surface area contributed by atoms with Crippen molar-refractivity contribution in [1.82, 2.24) is 31.1 Å². The summed E-state index contributed by atoms with van der Waals surface area (Å²) in [6.07, 6.45) is 3.43. The lowest BCUT2D eigenvalue weighted by molar-refractivity contribution is -0.128. The summed E-state index contributed by atoms with van der Waals surface area (Å²) >= 11 is 0. The van der Waals surface area contributed by atoms with Crippen molar-refractivity contribution in [2.75, 3.05) is 59.0 Å². The minimum atomic E-state index is -0.987. The topological polar surface area (TPSA) is 107 Å². The number of piperazine rings is 1. The van der Waals surface area contributed by atoms with Crippen LogP contribution in [0, 0.1) is 5.92 Å². The van der Waals surface area contributed by atoms with E-state index >= 15 is 0 Å². The van der Waals surface area contributed by atoms with E-state index in [1.54, 1.807) is 0 Å². The zero-order valence-corrected chi connectivity index (χ0v) is 21.5. The molecule has 3 fully saturated rings. The van der Waals surface area contributed by atoms with Gasteiger partial charge >= 0.3 is 0 Å². The molecular formula is C25H46FN7O2. The van der Waals surface area contributed by atoms with Crippen LogP contribution >= 0.6 is 0 Å². The first kappa shape index (κ1) is 26.8. The van der Waals surface area contributed by atoms with Crippen molar-refractivity contribution in [3.8, 4) is 0 Å². The number of hydrogen-bond donors (Lipinski definition) is 5. The van der Waals surface area contributed by atoms with Gasteiger partial charge in [-0.05, 0) is 32.7 Å². The van der Waals surface area contributed by atoms with Gasteiger partial charge in [-0.15, -0.1) is 0 Å². The van der Waals surface area contributed by atoms with Crippen LogP contribution in [0.25, 0.3) is 0 Å². The molecule has 10 heteroatoms. The number of nitrogens with one attached hydrogen (secondary N) is 4. The number of morpholine rings is 1. The first-order valence-electron chi connectivity index (χ1n) is 13.6. The van der Waals surface area contributed by atoms with Gasteiger partial charge in [-0.1, -0.05) is 19.4 Å². The van der Waals surface area contributed by atoms with E-state index in [1.165, 1.54) is 0 Å². The van der Waals surface area contributed by atoms with E-state index in [-0.39, 0.29) is 30.6 Å². The molecular weight excluding hydrogens is 449 g/mol. The standard InChI is InChI=1S/C25H46FN7O2/c1-3-4-19-6-5-18(26)13-29-17(2)23(24(27)30-19)25(34)31-21-14-28-8-7-22(21)33-10-9-32-11-12-35-16-20(32)15-33/h6,17-18,20-24,28-30H,3-5,7-16,27H2,1-2H3,(H,31,34)/b19-6-/t17?,18?,20-,21?,22?,23?,24?/m1/s1. The summed E-state index contributed by atoms with van der Waals surface area (Å²) in [7, 11) is 0. The van der Waals surface area contributed by atoms with Crippen molar-refractivity contribution < 1.29 is 13.9 Å². The van der Waals surface area contributed by atoms with E-state index in [2.05, 4.69) is 38.0 Å². The number of fused-ring (bicyclic) bond motifs is 1. The molecule has 0 bridgehead atoms. The van der Waals surface area contributed by atoms with E-state index < -0.39 is 18.3 Å². The molecule has 0 saturated carbocycles. The number of piperidine rings is 1. The molecule has 4 aliphatic heterocycles. The Labute approximate surface area is 209 Å². The number of rotatable bonds is 5. The minimum Gasteiger partial charge on any atom is -0.378 e. The molecule has 4 heterocycles. The Morgan fingerprint density at radius 1 is 1.29 bits per heavy atom. The lowest BCUT2D eigenvalue weighted by Crippen LogP contribution is -2.67. The van der Waals surface area contributed by atoms with Crippen LogP contribution in [0.2, 0.25) is 0 Å². The van der Waals surface area contributed by atoms with Crippen molar-refractivity contribution in [2.45, 2.75) is 76.0 Å². The molecule has 1 amide bonds. The van der Waals surface area contributed by atoms with E-state index in [9.17, 15) is 9.18 Å². The van der Waals surface area contributed by atoms with Crippen LogP contribution in [0.5, 0.6) is 0 Å². The molecule has 3 saturated heterocycles. The van der Waals surface area contributed by atoms with Crippen LogP contribution in [-0.2, 0) is 9.53 Å². The number of amides is 1. The molecule has 6 N–H and O–H groups in total. The van der Waals surface area contributed by atoms with Gasteiger partial charge in [0.1, 0.15) is 6.17 Å². The molecule has 9 nitrogen and oxygen atoms in total. The predicted molar refractivity (Wildman–Crippen MR) is 136 cm³/mol. The van der Waals surface area contributed by atoms with Gasteiger partial charge in [0.2, 0.25) is 5.91 Å². The average molecular weight is 496 g/mol. The van der Waals surface area contributed by atoms with Gasteiger partial charge in [0.25, 0.3) is 0 Å². The fraction of sp³-hybridized carbons (Fsp3) is 0.880. The van der Waals surface area contributed by atoms with E-state index in [4.69, 9.17) is 10.5 Å². The summed E-state index contributed by atoms with van der Waals surface area (Å²) in [4.78, 5) is 18.8. The molecule has 0 aliphatic carbocycles. The van der Waals surface area contributed by atoms with Crippen LogP contribution < -0.4 is 27.0 Å². The molecule has 7 atom stereocenters. The van der Waals surface area contributed by atoms with Crippen molar-refractivity contribution in [1.29, 1.82) is 0 Å². The number of ether oxygens (including phenoxy) is 1. The van der Waals surface area contributed by atoms with Gasteiger partial charge < -0.3 is 31.7 Å². The number of carbonyl (C=O) groups excluding carboxylic acids is 1. The molecule has 200 valence electrons. The van der Waals surface area contributed by atoms with Crippen LogP contribution in [0.3, 0.4) is 0 Å². The molecule has 6 unspecified atom stereocenters. The lowest BCUT2D eigenvalue weighted by Gasteiger charge is -2.49. The molecule has 0 aromatic carbocycles. The summed E-state index contributed by atoms with van der Waals surface area (Å²) in [6, 6.07) is 0.458. The van der Waals surface area contributed by atoms with Crippen molar-refractivity contribution in [2.24, 2.45) is 11.7 Å². The van der Waals surface area contributed by atoms with Gasteiger partial charge in [-0.2, -0.15) is 0 Å². The maximum absolute atomic E-state index is 14.4. The highest BCUT2D eigenvalue weighted by Crippen LogP contribution is 2.21. The largest absolute Gasteiger partial charge is 0.378 e. The quantitative estimate of drug-likeness (QED) is 0.355. The maximum Gasteiger partial charge on any atom is 0.228 e. The second-order valence-corrected chi connectivity index (χ2v) is 10.6. The van der Waals surface area contributed by atoms with Gasteiger partial charge in [0.15, 0.2) is 0 Å². The summed E-state index contributed by atoms with van der Waals surface area (Å²) in [5.74, 6) is -0.595.